The topological polar surface area (TPSA) is 71.9 Å². The van der Waals surface area contributed by atoms with E-state index in [9.17, 15) is 0 Å². The minimum Gasteiger partial charge on any atom is -0.497 e. The first-order chi connectivity index (χ1) is 16.0. The van der Waals surface area contributed by atoms with Crippen LogP contribution in [-0.2, 0) is 0 Å². The highest BCUT2D eigenvalue weighted by Crippen LogP contribution is 2.36. The number of rotatable bonds is 8. The van der Waals surface area contributed by atoms with E-state index in [1.165, 1.54) is 6.07 Å². The number of hydrogen-bond acceptors (Lipinski definition) is 7. The molecule has 3 aromatic carbocycles. The molecule has 0 radical (unpaired) electrons. The molecule has 168 valence electrons. The first-order valence-electron chi connectivity index (χ1n) is 9.69. The van der Waals surface area contributed by atoms with E-state index in [0.29, 0.717) is 38.8 Å². The molecule has 0 fully saturated rings. The second kappa shape index (κ2) is 10.3. The third-order valence-electron chi connectivity index (χ3n) is 4.32. The Bertz CT molecular complexity index is 1180. The van der Waals surface area contributed by atoms with Crippen molar-refractivity contribution >= 4 is 23.2 Å². The molecule has 4 rings (SSSR count). The summed E-state index contributed by atoms with van der Waals surface area (Å²) >= 11 is 12.6. The van der Waals surface area contributed by atoms with Gasteiger partial charge in [0.25, 0.3) is 0 Å². The van der Waals surface area contributed by atoms with Crippen LogP contribution in [0.4, 0.5) is 0 Å². The third-order valence-corrected chi connectivity index (χ3v) is 4.91. The van der Waals surface area contributed by atoms with Crippen molar-refractivity contribution in [1.82, 2.24) is 9.97 Å². The molecule has 0 unspecified atom stereocenters. The van der Waals surface area contributed by atoms with Crippen LogP contribution < -0.4 is 23.7 Å². The highest BCUT2D eigenvalue weighted by Gasteiger charge is 2.14. The fraction of sp³-hybridized carbons (Fsp3) is 0.0833. The zero-order valence-corrected chi connectivity index (χ0v) is 19.1. The predicted octanol–water partition coefficient (Wildman–Crippen LogP) is 7.18. The van der Waals surface area contributed by atoms with E-state index < -0.39 is 0 Å². The fourth-order valence-corrected chi connectivity index (χ4v) is 3.15. The molecule has 0 bridgehead atoms. The smallest absolute Gasteiger partial charge is 0.328 e. The highest BCUT2D eigenvalue weighted by atomic mass is 35.5. The normalized spacial score (nSPS) is 10.4. The van der Waals surface area contributed by atoms with Gasteiger partial charge in [-0.25, -0.2) is 0 Å². The summed E-state index contributed by atoms with van der Waals surface area (Å²) in [6.45, 7) is 0. The minimum atomic E-state index is 0.0166. The van der Waals surface area contributed by atoms with Gasteiger partial charge in [-0.3, -0.25) is 0 Å². The number of benzene rings is 3. The lowest BCUT2D eigenvalue weighted by atomic mass is 10.3. The molecule has 0 aliphatic rings. The van der Waals surface area contributed by atoms with Crippen LogP contribution in [0, 0.1) is 0 Å². The Morgan fingerprint density at radius 2 is 1.09 bits per heavy atom. The molecule has 0 N–H and O–H groups in total. The molecule has 1 heterocycles. The van der Waals surface area contributed by atoms with Crippen LogP contribution in [0.1, 0.15) is 0 Å². The first kappa shape index (κ1) is 22.5. The molecule has 4 aromatic rings. The second-order valence-electron chi connectivity index (χ2n) is 6.54. The summed E-state index contributed by atoms with van der Waals surface area (Å²) in [7, 11) is 3.11. The van der Waals surface area contributed by atoms with E-state index in [0.717, 1.165) is 0 Å². The van der Waals surface area contributed by atoms with Gasteiger partial charge < -0.3 is 23.7 Å². The van der Waals surface area contributed by atoms with Gasteiger partial charge in [-0.15, -0.1) is 0 Å². The van der Waals surface area contributed by atoms with Gasteiger partial charge in [0, 0.05) is 12.1 Å². The highest BCUT2D eigenvalue weighted by molar-refractivity contribution is 6.32. The SMILES string of the molecule is COc1ccc(Oc2cc(Oc3ccc(OC)cc3Cl)nc(Oc3ccccc3)n2)c(Cl)c1. The largest absolute Gasteiger partial charge is 0.497 e. The molecule has 0 aliphatic carbocycles. The molecule has 9 heteroatoms. The molecule has 0 saturated carbocycles. The van der Waals surface area contributed by atoms with Crippen LogP contribution in [0.25, 0.3) is 0 Å². The van der Waals surface area contributed by atoms with E-state index in [1.807, 2.05) is 18.2 Å². The molecule has 7 nitrogen and oxygen atoms in total. The lowest BCUT2D eigenvalue weighted by Crippen LogP contribution is -1.98. The van der Waals surface area contributed by atoms with Gasteiger partial charge in [0.2, 0.25) is 11.8 Å². The monoisotopic (exact) mass is 484 g/mol. The zero-order valence-electron chi connectivity index (χ0n) is 17.6. The summed E-state index contributed by atoms with van der Waals surface area (Å²) in [6.07, 6.45) is 0. The Labute approximate surface area is 200 Å². The molecule has 33 heavy (non-hydrogen) atoms. The summed E-state index contributed by atoms with van der Waals surface area (Å²) in [5.41, 5.74) is 0. The van der Waals surface area contributed by atoms with Crippen molar-refractivity contribution in [3.63, 3.8) is 0 Å². The van der Waals surface area contributed by atoms with Crippen LogP contribution >= 0.6 is 23.2 Å². The van der Waals surface area contributed by atoms with Gasteiger partial charge in [0.1, 0.15) is 28.7 Å². The Hall–Kier alpha value is -3.68. The van der Waals surface area contributed by atoms with E-state index in [-0.39, 0.29) is 17.8 Å². The number of hydrogen-bond donors (Lipinski definition) is 0. The van der Waals surface area contributed by atoms with Crippen molar-refractivity contribution in [2.24, 2.45) is 0 Å². The van der Waals surface area contributed by atoms with E-state index in [1.54, 1.807) is 62.8 Å². The molecular formula is C24H18Cl2N2O5. The second-order valence-corrected chi connectivity index (χ2v) is 7.35. The quantitative estimate of drug-likeness (QED) is 0.262. The average Bonchev–Trinajstić information content (AvgIpc) is 2.82. The van der Waals surface area contributed by atoms with E-state index >= 15 is 0 Å². The van der Waals surface area contributed by atoms with Crippen LogP contribution in [0.15, 0.2) is 72.8 Å². The average molecular weight is 485 g/mol. The van der Waals surface area contributed by atoms with Crippen molar-refractivity contribution < 1.29 is 23.7 Å². The molecule has 0 atom stereocenters. The van der Waals surface area contributed by atoms with Gasteiger partial charge in [-0.2, -0.15) is 9.97 Å². The van der Waals surface area contributed by atoms with Crippen molar-refractivity contribution in [3.8, 4) is 46.5 Å². The van der Waals surface area contributed by atoms with Gasteiger partial charge in [-0.1, -0.05) is 41.4 Å². The van der Waals surface area contributed by atoms with Crippen LogP contribution in [0.3, 0.4) is 0 Å². The standard InChI is InChI=1S/C24H18Cl2N2O5/c1-29-16-8-10-20(18(25)12-16)32-22-14-23(33-21-11-9-17(30-2)13-19(21)26)28-24(27-22)31-15-6-4-3-5-7-15/h3-14H,1-2H3. The van der Waals surface area contributed by atoms with Crippen molar-refractivity contribution in [2.75, 3.05) is 14.2 Å². The molecule has 0 saturated heterocycles. The Morgan fingerprint density at radius 3 is 1.55 bits per heavy atom. The number of ether oxygens (including phenoxy) is 5. The van der Waals surface area contributed by atoms with Gasteiger partial charge in [-0.05, 0) is 36.4 Å². The Morgan fingerprint density at radius 1 is 0.576 bits per heavy atom. The molecule has 1 aromatic heterocycles. The number of aromatic nitrogens is 2. The number of para-hydroxylation sites is 1. The van der Waals surface area contributed by atoms with Crippen LogP contribution in [0.2, 0.25) is 10.0 Å². The molecule has 0 spiro atoms. The number of methoxy groups -OCH3 is 2. The number of halogens is 2. The van der Waals surface area contributed by atoms with Crippen LogP contribution in [0.5, 0.6) is 46.5 Å². The first-order valence-corrected chi connectivity index (χ1v) is 10.4. The molecule has 0 amide bonds. The maximum Gasteiger partial charge on any atom is 0.328 e. The lowest BCUT2D eigenvalue weighted by molar-refractivity contribution is 0.385. The van der Waals surface area contributed by atoms with Crippen molar-refractivity contribution in [2.45, 2.75) is 0 Å². The number of nitrogens with zero attached hydrogens (tertiary/aromatic N) is 2. The predicted molar refractivity (Wildman–Crippen MR) is 125 cm³/mol. The van der Waals surface area contributed by atoms with E-state index in [2.05, 4.69) is 9.97 Å². The third kappa shape index (κ3) is 5.77. The van der Waals surface area contributed by atoms with Crippen molar-refractivity contribution in [1.29, 1.82) is 0 Å². The van der Waals surface area contributed by atoms with Gasteiger partial charge in [0.05, 0.1) is 30.3 Å². The maximum absolute atomic E-state index is 6.31. The lowest BCUT2D eigenvalue weighted by Gasteiger charge is -2.12. The Balaban J connectivity index is 1.67. The zero-order chi connectivity index (χ0) is 23.2. The summed E-state index contributed by atoms with van der Waals surface area (Å²) in [5.74, 6) is 2.80. The van der Waals surface area contributed by atoms with Crippen LogP contribution in [-0.4, -0.2) is 24.2 Å². The maximum atomic E-state index is 6.31. The molecular weight excluding hydrogens is 467 g/mol. The van der Waals surface area contributed by atoms with E-state index in [4.69, 9.17) is 46.9 Å². The van der Waals surface area contributed by atoms with Crippen molar-refractivity contribution in [3.05, 3.63) is 82.8 Å². The summed E-state index contributed by atoms with van der Waals surface area (Å²) in [6, 6.07) is 20.7. The summed E-state index contributed by atoms with van der Waals surface area (Å²) in [5, 5.41) is 0.693. The van der Waals surface area contributed by atoms with Gasteiger partial charge in [0.15, 0.2) is 0 Å². The summed E-state index contributed by atoms with van der Waals surface area (Å²) in [4.78, 5) is 8.64. The fourth-order valence-electron chi connectivity index (χ4n) is 2.74. The summed E-state index contributed by atoms with van der Waals surface area (Å²) < 4.78 is 27.9. The minimum absolute atomic E-state index is 0.0166. The molecule has 0 aliphatic heterocycles. The Kier molecular flexibility index (Phi) is 7.02. The van der Waals surface area contributed by atoms with Gasteiger partial charge >= 0.3 is 6.01 Å².